The lowest BCUT2D eigenvalue weighted by molar-refractivity contribution is -0.136. The Labute approximate surface area is 206 Å². The van der Waals surface area contributed by atoms with Crippen molar-refractivity contribution in [3.8, 4) is 11.5 Å². The normalized spacial score (nSPS) is 19.1. The van der Waals surface area contributed by atoms with Crippen molar-refractivity contribution in [2.24, 2.45) is 0 Å². The van der Waals surface area contributed by atoms with Crippen molar-refractivity contribution in [2.75, 3.05) is 14.2 Å². The predicted molar refractivity (Wildman–Crippen MR) is 135 cm³/mol. The Hall–Kier alpha value is -2.69. The van der Waals surface area contributed by atoms with Crippen molar-refractivity contribution in [1.29, 1.82) is 0 Å². The molecule has 0 aromatic heterocycles. The minimum atomic E-state index is -0.255. The van der Waals surface area contributed by atoms with Gasteiger partial charge in [-0.3, -0.25) is 4.79 Å². The maximum absolute atomic E-state index is 13.2. The van der Waals surface area contributed by atoms with Crippen molar-refractivity contribution < 1.29 is 14.3 Å². The van der Waals surface area contributed by atoms with Crippen LogP contribution in [0.1, 0.15) is 36.8 Å². The van der Waals surface area contributed by atoms with Gasteiger partial charge in [-0.1, -0.05) is 54.1 Å². The molecule has 2 atom stereocenters. The molecular formula is C27H29Cl2NO3. The van der Waals surface area contributed by atoms with E-state index in [1.165, 1.54) is 0 Å². The van der Waals surface area contributed by atoms with E-state index in [-0.39, 0.29) is 17.9 Å². The molecule has 0 N–H and O–H groups in total. The first-order chi connectivity index (χ1) is 15.9. The van der Waals surface area contributed by atoms with Crippen LogP contribution in [0.15, 0.2) is 77.9 Å². The summed E-state index contributed by atoms with van der Waals surface area (Å²) in [6, 6.07) is 13.2. The van der Waals surface area contributed by atoms with Crippen LogP contribution in [-0.4, -0.2) is 31.1 Å². The van der Waals surface area contributed by atoms with E-state index in [0.717, 1.165) is 16.7 Å². The topological polar surface area (TPSA) is 38.8 Å². The number of allylic oxidation sites excluding steroid dienone is 3. The second-order valence-electron chi connectivity index (χ2n) is 7.93. The number of rotatable bonds is 8. The molecule has 1 aliphatic heterocycles. The number of nitrogens with zero attached hydrogens (tertiary/aromatic N) is 1. The largest absolute Gasteiger partial charge is 0.497 e. The average Bonchev–Trinajstić information content (AvgIpc) is 2.83. The van der Waals surface area contributed by atoms with E-state index in [4.69, 9.17) is 32.7 Å². The molecule has 1 saturated heterocycles. The summed E-state index contributed by atoms with van der Waals surface area (Å²) >= 11 is 12.5. The molecule has 3 rings (SSSR count). The second-order valence-corrected chi connectivity index (χ2v) is 8.80. The SMILES string of the molecule is C=C(/C=C\C(Cl)=C/C)[C@@H]1[C@@H](c2cccc(Cl)c2)CCC(=O)N1Cc1ccc(OC)cc1OC. The molecule has 0 bridgehead atoms. The molecule has 33 heavy (non-hydrogen) atoms. The van der Waals surface area contributed by atoms with Crippen LogP contribution >= 0.6 is 23.2 Å². The number of methoxy groups -OCH3 is 2. The fourth-order valence-corrected chi connectivity index (χ4v) is 4.49. The monoisotopic (exact) mass is 485 g/mol. The predicted octanol–water partition coefficient (Wildman–Crippen LogP) is 6.89. The van der Waals surface area contributed by atoms with Gasteiger partial charge in [-0.25, -0.2) is 0 Å². The summed E-state index contributed by atoms with van der Waals surface area (Å²) in [6.07, 6.45) is 6.67. The Kier molecular flexibility index (Phi) is 8.65. The lowest BCUT2D eigenvalue weighted by atomic mass is 9.79. The number of carbonyl (C=O) groups is 1. The Morgan fingerprint density at radius 2 is 1.97 bits per heavy atom. The van der Waals surface area contributed by atoms with Crippen LogP contribution < -0.4 is 9.47 Å². The number of benzene rings is 2. The molecule has 1 aliphatic rings. The zero-order valence-electron chi connectivity index (χ0n) is 19.2. The first-order valence-electron chi connectivity index (χ1n) is 10.8. The molecule has 0 aliphatic carbocycles. The molecule has 4 nitrogen and oxygen atoms in total. The molecule has 174 valence electrons. The molecule has 0 unspecified atom stereocenters. The fraction of sp³-hybridized carbons (Fsp3) is 0.296. The molecule has 0 spiro atoms. The molecule has 2 aromatic rings. The first kappa shape index (κ1) is 24.9. The van der Waals surface area contributed by atoms with Crippen molar-refractivity contribution >= 4 is 29.1 Å². The lowest BCUT2D eigenvalue weighted by Gasteiger charge is -2.42. The highest BCUT2D eigenvalue weighted by Gasteiger charge is 2.38. The average molecular weight is 486 g/mol. The number of amides is 1. The quantitative estimate of drug-likeness (QED) is 0.382. The Morgan fingerprint density at radius 1 is 1.18 bits per heavy atom. The van der Waals surface area contributed by atoms with Gasteiger partial charge in [0.1, 0.15) is 11.5 Å². The maximum Gasteiger partial charge on any atom is 0.223 e. The Morgan fingerprint density at radius 3 is 2.64 bits per heavy atom. The van der Waals surface area contributed by atoms with E-state index in [1.807, 2.05) is 66.4 Å². The molecule has 0 saturated carbocycles. The third-order valence-electron chi connectivity index (χ3n) is 5.93. The van der Waals surface area contributed by atoms with Gasteiger partial charge < -0.3 is 14.4 Å². The summed E-state index contributed by atoms with van der Waals surface area (Å²) in [5.74, 6) is 1.49. The number of hydrogen-bond donors (Lipinski definition) is 0. The minimum Gasteiger partial charge on any atom is -0.497 e. The molecular weight excluding hydrogens is 457 g/mol. The zero-order valence-corrected chi connectivity index (χ0v) is 20.7. The van der Waals surface area contributed by atoms with Gasteiger partial charge >= 0.3 is 0 Å². The minimum absolute atomic E-state index is 0.0483. The van der Waals surface area contributed by atoms with E-state index in [9.17, 15) is 4.79 Å². The van der Waals surface area contributed by atoms with Crippen molar-refractivity contribution in [3.63, 3.8) is 0 Å². The highest BCUT2D eigenvalue weighted by molar-refractivity contribution is 6.31. The van der Waals surface area contributed by atoms with Crippen molar-refractivity contribution in [3.05, 3.63) is 94.0 Å². The summed E-state index contributed by atoms with van der Waals surface area (Å²) in [5, 5.41) is 1.28. The highest BCUT2D eigenvalue weighted by Crippen LogP contribution is 2.39. The third kappa shape index (κ3) is 6.01. The molecule has 6 heteroatoms. The molecule has 2 aromatic carbocycles. The van der Waals surface area contributed by atoms with Gasteiger partial charge in [0.2, 0.25) is 5.91 Å². The van der Waals surface area contributed by atoms with Gasteiger partial charge in [0.05, 0.1) is 20.3 Å². The van der Waals surface area contributed by atoms with Gasteiger partial charge in [-0.2, -0.15) is 0 Å². The zero-order chi connectivity index (χ0) is 24.0. The van der Waals surface area contributed by atoms with Gasteiger partial charge in [0.25, 0.3) is 0 Å². The molecule has 1 heterocycles. The van der Waals surface area contributed by atoms with E-state index >= 15 is 0 Å². The number of carbonyl (C=O) groups excluding carboxylic acids is 1. The van der Waals surface area contributed by atoms with Gasteiger partial charge in [-0.15, -0.1) is 0 Å². The molecule has 1 amide bonds. The first-order valence-corrected chi connectivity index (χ1v) is 11.6. The number of ether oxygens (including phenoxy) is 2. The third-order valence-corrected chi connectivity index (χ3v) is 6.51. The second kappa shape index (κ2) is 11.4. The van der Waals surface area contributed by atoms with Crippen LogP contribution in [0.25, 0.3) is 0 Å². The number of piperidine rings is 1. The van der Waals surface area contributed by atoms with E-state index in [2.05, 4.69) is 12.6 Å². The van der Waals surface area contributed by atoms with Crippen LogP contribution in [0.5, 0.6) is 11.5 Å². The van der Waals surface area contributed by atoms with Crippen LogP contribution in [0.2, 0.25) is 5.02 Å². The summed E-state index contributed by atoms with van der Waals surface area (Å²) in [4.78, 5) is 15.1. The Balaban J connectivity index is 2.03. The van der Waals surface area contributed by atoms with Gasteiger partial charge in [0.15, 0.2) is 0 Å². The Bertz CT molecular complexity index is 1080. The van der Waals surface area contributed by atoms with Crippen LogP contribution in [-0.2, 0) is 11.3 Å². The van der Waals surface area contributed by atoms with Crippen LogP contribution in [0, 0.1) is 0 Å². The van der Waals surface area contributed by atoms with Gasteiger partial charge in [0, 0.05) is 40.6 Å². The summed E-state index contributed by atoms with van der Waals surface area (Å²) in [5.41, 5.74) is 2.78. The summed E-state index contributed by atoms with van der Waals surface area (Å²) in [7, 11) is 3.23. The van der Waals surface area contributed by atoms with E-state index in [1.54, 1.807) is 14.2 Å². The molecule has 1 fully saturated rings. The lowest BCUT2D eigenvalue weighted by Crippen LogP contribution is -2.47. The van der Waals surface area contributed by atoms with Crippen LogP contribution in [0.3, 0.4) is 0 Å². The van der Waals surface area contributed by atoms with Crippen molar-refractivity contribution in [2.45, 2.75) is 38.3 Å². The van der Waals surface area contributed by atoms with Crippen LogP contribution in [0.4, 0.5) is 0 Å². The maximum atomic E-state index is 13.2. The van der Waals surface area contributed by atoms with E-state index < -0.39 is 0 Å². The standard InChI is InChI=1S/C27H29Cl2NO3/c1-5-21(28)11-9-18(2)27-24(19-7-6-8-22(29)15-19)13-14-26(31)30(27)17-20-10-12-23(32-3)16-25(20)33-4/h5-12,15-16,24,27H,2,13-14,17H2,1,3-4H3/b11-9-,21-5+/t24-,27-/m1/s1. The number of likely N-dealkylation sites (tertiary alicyclic amines) is 1. The molecule has 0 radical (unpaired) electrons. The highest BCUT2D eigenvalue weighted by atomic mass is 35.5. The fourth-order valence-electron chi connectivity index (χ4n) is 4.23. The van der Waals surface area contributed by atoms with E-state index in [0.29, 0.717) is 40.9 Å². The number of halogens is 2. The smallest absolute Gasteiger partial charge is 0.223 e. The van der Waals surface area contributed by atoms with Crippen molar-refractivity contribution in [1.82, 2.24) is 4.90 Å². The summed E-state index contributed by atoms with van der Waals surface area (Å²) in [6.45, 7) is 6.59. The number of hydrogen-bond acceptors (Lipinski definition) is 3. The van der Waals surface area contributed by atoms with Gasteiger partial charge in [-0.05, 0) is 54.8 Å². The summed E-state index contributed by atoms with van der Waals surface area (Å²) < 4.78 is 10.9.